The minimum atomic E-state index is -0.0603. The summed E-state index contributed by atoms with van der Waals surface area (Å²) in [6, 6.07) is 9.53. The Kier molecular flexibility index (Phi) is 4.71. The van der Waals surface area contributed by atoms with E-state index >= 15 is 0 Å². The molecule has 0 saturated carbocycles. The molecule has 26 heavy (non-hydrogen) atoms. The summed E-state index contributed by atoms with van der Waals surface area (Å²) in [6.07, 6.45) is 1.59. The van der Waals surface area contributed by atoms with E-state index in [9.17, 15) is 4.79 Å². The van der Waals surface area contributed by atoms with Gasteiger partial charge in [-0.05, 0) is 36.8 Å². The molecule has 4 rings (SSSR count). The first-order chi connectivity index (χ1) is 12.7. The average Bonchev–Trinajstić information content (AvgIpc) is 3.17. The first-order valence-electron chi connectivity index (χ1n) is 8.32. The van der Waals surface area contributed by atoms with Gasteiger partial charge >= 0.3 is 0 Å². The Bertz CT molecular complexity index is 940. The zero-order valence-corrected chi connectivity index (χ0v) is 15.1. The fraction of sp³-hybridized carbons (Fsp3) is 0.263. The van der Waals surface area contributed by atoms with Crippen LogP contribution in [0.5, 0.6) is 11.5 Å². The van der Waals surface area contributed by atoms with Crippen molar-refractivity contribution >= 4 is 28.6 Å². The summed E-state index contributed by atoms with van der Waals surface area (Å²) in [5, 5.41) is 4.67. The number of fused-ring (bicyclic) bond motifs is 2. The van der Waals surface area contributed by atoms with Gasteiger partial charge in [-0.3, -0.25) is 4.79 Å². The molecule has 0 atom stereocenters. The maximum atomic E-state index is 12.0. The lowest BCUT2D eigenvalue weighted by molar-refractivity contribution is -0.118. The largest absolute Gasteiger partial charge is 0.486 e. The van der Waals surface area contributed by atoms with Gasteiger partial charge in [-0.2, -0.15) is 0 Å². The predicted octanol–water partition coefficient (Wildman–Crippen LogP) is 3.32. The number of aromatic nitrogens is 1. The lowest BCUT2D eigenvalue weighted by Gasteiger charge is -2.19. The summed E-state index contributed by atoms with van der Waals surface area (Å²) in [5.41, 5.74) is 1.86. The Morgan fingerprint density at radius 3 is 2.81 bits per heavy atom. The van der Waals surface area contributed by atoms with Crippen LogP contribution in [-0.2, 0) is 11.3 Å². The fourth-order valence-electron chi connectivity index (χ4n) is 2.73. The second-order valence-corrected chi connectivity index (χ2v) is 6.91. The number of nitrogens with zero attached hydrogens (tertiary/aromatic N) is 1. The molecule has 0 spiro atoms. The number of thioether (sulfide) groups is 1. The number of carbonyl (C=O) groups excluding carboxylic acids is 1. The number of nitrogens with one attached hydrogen (secondary N) is 1. The van der Waals surface area contributed by atoms with Crippen molar-refractivity contribution in [3.05, 3.63) is 47.9 Å². The topological polar surface area (TPSA) is 73.6 Å². The molecule has 1 aliphatic rings. The monoisotopic (exact) mass is 370 g/mol. The summed E-state index contributed by atoms with van der Waals surface area (Å²) in [4.78, 5) is 16.7. The van der Waals surface area contributed by atoms with Gasteiger partial charge < -0.3 is 19.2 Å². The third kappa shape index (κ3) is 3.62. The number of rotatable bonds is 5. The van der Waals surface area contributed by atoms with E-state index in [1.807, 2.05) is 25.1 Å². The number of carbonyl (C=O) groups is 1. The number of amides is 1. The van der Waals surface area contributed by atoms with Gasteiger partial charge in [-0.25, -0.2) is 4.98 Å². The SMILES string of the molecule is Cc1cc2cc3c(cc2nc1SCC(=O)NCc1ccco1)OCCO3. The first kappa shape index (κ1) is 16.8. The van der Waals surface area contributed by atoms with Crippen LogP contribution in [0, 0.1) is 6.92 Å². The maximum absolute atomic E-state index is 12.0. The Hall–Kier alpha value is -2.67. The van der Waals surface area contributed by atoms with E-state index in [1.165, 1.54) is 11.8 Å². The molecule has 0 unspecified atom stereocenters. The Balaban J connectivity index is 1.45. The second kappa shape index (κ2) is 7.29. The van der Waals surface area contributed by atoms with E-state index in [4.69, 9.17) is 18.9 Å². The molecule has 1 aliphatic heterocycles. The van der Waals surface area contributed by atoms with Gasteiger partial charge in [0.1, 0.15) is 24.0 Å². The summed E-state index contributed by atoms with van der Waals surface area (Å²) < 4.78 is 16.4. The van der Waals surface area contributed by atoms with Gasteiger partial charge in [0, 0.05) is 11.5 Å². The number of hydrogen-bond donors (Lipinski definition) is 1. The van der Waals surface area contributed by atoms with E-state index in [0.29, 0.717) is 31.3 Å². The molecular formula is C19H18N2O4S. The molecular weight excluding hydrogens is 352 g/mol. The molecule has 134 valence electrons. The highest BCUT2D eigenvalue weighted by molar-refractivity contribution is 7.99. The third-order valence-corrected chi connectivity index (χ3v) is 5.10. The van der Waals surface area contributed by atoms with E-state index in [0.717, 1.165) is 33.0 Å². The van der Waals surface area contributed by atoms with Gasteiger partial charge in [0.15, 0.2) is 11.5 Å². The lowest BCUT2D eigenvalue weighted by atomic mass is 10.1. The normalized spacial score (nSPS) is 13.0. The molecule has 1 aromatic carbocycles. The highest BCUT2D eigenvalue weighted by Crippen LogP contribution is 2.35. The van der Waals surface area contributed by atoms with Crippen LogP contribution >= 0.6 is 11.8 Å². The van der Waals surface area contributed by atoms with Crippen molar-refractivity contribution in [2.45, 2.75) is 18.5 Å². The zero-order valence-electron chi connectivity index (χ0n) is 14.3. The van der Waals surface area contributed by atoms with Gasteiger partial charge in [-0.15, -0.1) is 0 Å². The van der Waals surface area contributed by atoms with Crippen molar-refractivity contribution in [1.82, 2.24) is 10.3 Å². The standard InChI is InChI=1S/C19H18N2O4S/c1-12-7-13-8-16-17(25-6-5-24-16)9-15(13)21-19(12)26-11-18(22)20-10-14-3-2-4-23-14/h2-4,7-9H,5-6,10-11H2,1H3,(H,20,22). The van der Waals surface area contributed by atoms with Crippen molar-refractivity contribution in [2.75, 3.05) is 19.0 Å². The van der Waals surface area contributed by atoms with E-state index in [-0.39, 0.29) is 5.91 Å². The lowest BCUT2D eigenvalue weighted by Crippen LogP contribution is -2.24. The molecule has 0 bridgehead atoms. The Morgan fingerprint density at radius 1 is 1.23 bits per heavy atom. The summed E-state index contributed by atoms with van der Waals surface area (Å²) >= 11 is 1.42. The number of hydrogen-bond acceptors (Lipinski definition) is 6. The number of ether oxygens (including phenoxy) is 2. The first-order valence-corrected chi connectivity index (χ1v) is 9.30. The highest BCUT2D eigenvalue weighted by Gasteiger charge is 2.15. The van der Waals surface area contributed by atoms with Crippen LogP contribution in [0.25, 0.3) is 10.9 Å². The molecule has 2 aromatic heterocycles. The van der Waals surface area contributed by atoms with Gasteiger partial charge in [0.25, 0.3) is 0 Å². The second-order valence-electron chi connectivity index (χ2n) is 5.94. The third-order valence-electron chi connectivity index (χ3n) is 4.00. The van der Waals surface area contributed by atoms with Crippen molar-refractivity contribution in [1.29, 1.82) is 0 Å². The van der Waals surface area contributed by atoms with Crippen LogP contribution < -0.4 is 14.8 Å². The van der Waals surface area contributed by atoms with Crippen LogP contribution in [0.2, 0.25) is 0 Å². The molecule has 3 heterocycles. The number of aryl methyl sites for hydroxylation is 1. The molecule has 1 N–H and O–H groups in total. The molecule has 3 aromatic rings. The summed E-state index contributed by atoms with van der Waals surface area (Å²) in [7, 11) is 0. The molecule has 0 aliphatic carbocycles. The van der Waals surface area contributed by atoms with Gasteiger partial charge in [-0.1, -0.05) is 11.8 Å². The minimum Gasteiger partial charge on any atom is -0.486 e. The van der Waals surface area contributed by atoms with Crippen molar-refractivity contribution in [3.63, 3.8) is 0 Å². The average molecular weight is 370 g/mol. The van der Waals surface area contributed by atoms with E-state index < -0.39 is 0 Å². The Morgan fingerprint density at radius 2 is 2.04 bits per heavy atom. The summed E-state index contributed by atoms with van der Waals surface area (Å²) in [6.45, 7) is 3.49. The zero-order chi connectivity index (χ0) is 17.9. The number of furan rings is 1. The quantitative estimate of drug-likeness (QED) is 0.695. The summed E-state index contributed by atoms with van der Waals surface area (Å²) in [5.74, 6) is 2.44. The fourth-order valence-corrected chi connectivity index (χ4v) is 3.55. The molecule has 1 amide bonds. The van der Waals surface area contributed by atoms with Crippen LogP contribution in [-0.4, -0.2) is 29.9 Å². The van der Waals surface area contributed by atoms with E-state index in [2.05, 4.69) is 11.4 Å². The van der Waals surface area contributed by atoms with E-state index in [1.54, 1.807) is 12.3 Å². The predicted molar refractivity (Wildman–Crippen MR) is 98.7 cm³/mol. The van der Waals surface area contributed by atoms with Crippen LogP contribution in [0.4, 0.5) is 0 Å². The number of benzene rings is 1. The highest BCUT2D eigenvalue weighted by atomic mass is 32.2. The smallest absolute Gasteiger partial charge is 0.230 e. The van der Waals surface area contributed by atoms with Crippen LogP contribution in [0.1, 0.15) is 11.3 Å². The van der Waals surface area contributed by atoms with Gasteiger partial charge in [0.05, 0.1) is 24.1 Å². The molecule has 7 heteroatoms. The molecule has 6 nitrogen and oxygen atoms in total. The van der Waals surface area contributed by atoms with Crippen molar-refractivity contribution in [2.24, 2.45) is 0 Å². The van der Waals surface area contributed by atoms with Crippen LogP contribution in [0.15, 0.2) is 46.0 Å². The maximum Gasteiger partial charge on any atom is 0.230 e. The molecule has 0 saturated heterocycles. The molecule has 0 radical (unpaired) electrons. The van der Waals surface area contributed by atoms with Crippen molar-refractivity contribution < 1.29 is 18.7 Å². The number of pyridine rings is 1. The Labute approximate surface area is 154 Å². The van der Waals surface area contributed by atoms with Crippen LogP contribution in [0.3, 0.4) is 0 Å². The van der Waals surface area contributed by atoms with Gasteiger partial charge in [0.2, 0.25) is 5.91 Å². The minimum absolute atomic E-state index is 0.0603. The molecule has 0 fully saturated rings. The van der Waals surface area contributed by atoms with Crippen molar-refractivity contribution in [3.8, 4) is 11.5 Å².